The minimum Gasteiger partial charge on any atom is -0.475 e. The average Bonchev–Trinajstić information content (AvgIpc) is 2.35. The first-order chi connectivity index (χ1) is 8.17. The second kappa shape index (κ2) is 6.93. The van der Waals surface area contributed by atoms with E-state index in [-0.39, 0.29) is 6.23 Å². The third-order valence-electron chi connectivity index (χ3n) is 2.64. The van der Waals surface area contributed by atoms with Gasteiger partial charge in [-0.1, -0.05) is 13.3 Å². The fourth-order valence-corrected chi connectivity index (χ4v) is 1.57. The molecular formula is C14H20N2O. The Kier molecular flexibility index (Phi) is 5.51. The Morgan fingerprint density at radius 1 is 1.29 bits per heavy atom. The van der Waals surface area contributed by atoms with E-state index in [9.17, 15) is 0 Å². The molecule has 1 rings (SSSR count). The van der Waals surface area contributed by atoms with Crippen molar-refractivity contribution in [2.45, 2.75) is 32.4 Å². The van der Waals surface area contributed by atoms with Gasteiger partial charge in [0.2, 0.25) is 0 Å². The maximum atomic E-state index is 8.72. The van der Waals surface area contributed by atoms with Crippen LogP contribution in [0, 0.1) is 11.3 Å². The van der Waals surface area contributed by atoms with E-state index in [1.165, 1.54) is 6.42 Å². The predicted molar refractivity (Wildman–Crippen MR) is 68.8 cm³/mol. The van der Waals surface area contributed by atoms with Crippen molar-refractivity contribution in [1.29, 1.82) is 5.26 Å². The highest BCUT2D eigenvalue weighted by molar-refractivity contribution is 5.34. The summed E-state index contributed by atoms with van der Waals surface area (Å²) in [6.07, 6.45) is 3.44. The lowest BCUT2D eigenvalue weighted by Gasteiger charge is -2.25. The maximum absolute atomic E-state index is 8.72. The molecule has 0 saturated heterocycles. The maximum Gasteiger partial charge on any atom is 0.152 e. The molecule has 0 aliphatic carbocycles. The molecule has 92 valence electrons. The topological polar surface area (TPSA) is 36.3 Å². The predicted octanol–water partition coefficient (Wildman–Crippen LogP) is 3.01. The van der Waals surface area contributed by atoms with Gasteiger partial charge in [0.25, 0.3) is 0 Å². The zero-order chi connectivity index (χ0) is 12.7. The highest BCUT2D eigenvalue weighted by atomic mass is 16.5. The average molecular weight is 232 g/mol. The molecule has 0 bridgehead atoms. The van der Waals surface area contributed by atoms with E-state index in [0.717, 1.165) is 18.6 Å². The first-order valence-corrected chi connectivity index (χ1v) is 6.00. The molecule has 0 fully saturated rings. The lowest BCUT2D eigenvalue weighted by molar-refractivity contribution is 0.0549. The van der Waals surface area contributed by atoms with Gasteiger partial charge in [-0.15, -0.1) is 0 Å². The first kappa shape index (κ1) is 13.5. The van der Waals surface area contributed by atoms with E-state index >= 15 is 0 Å². The van der Waals surface area contributed by atoms with Crippen LogP contribution in [0.1, 0.15) is 31.7 Å². The SMILES string of the molecule is CCCCC(Oc1ccc(C#N)cc1)N(C)C. The van der Waals surface area contributed by atoms with Crippen LogP contribution in [-0.4, -0.2) is 25.2 Å². The molecular weight excluding hydrogens is 212 g/mol. The van der Waals surface area contributed by atoms with Gasteiger partial charge < -0.3 is 4.74 Å². The Bertz CT molecular complexity index is 365. The van der Waals surface area contributed by atoms with Crippen LogP contribution >= 0.6 is 0 Å². The van der Waals surface area contributed by atoms with Crippen LogP contribution in [-0.2, 0) is 0 Å². The third kappa shape index (κ3) is 4.46. The second-order valence-electron chi connectivity index (χ2n) is 4.31. The molecule has 3 nitrogen and oxygen atoms in total. The number of benzene rings is 1. The summed E-state index contributed by atoms with van der Waals surface area (Å²) in [6, 6.07) is 9.35. The van der Waals surface area contributed by atoms with Gasteiger partial charge in [0.15, 0.2) is 6.23 Å². The number of nitrogens with zero attached hydrogens (tertiary/aromatic N) is 2. The molecule has 17 heavy (non-hydrogen) atoms. The molecule has 0 amide bonds. The fraction of sp³-hybridized carbons (Fsp3) is 0.500. The molecule has 0 radical (unpaired) electrons. The van der Waals surface area contributed by atoms with Crippen molar-refractivity contribution in [3.63, 3.8) is 0 Å². The molecule has 3 heteroatoms. The molecule has 0 spiro atoms. The van der Waals surface area contributed by atoms with Crippen LogP contribution in [0.15, 0.2) is 24.3 Å². The Hall–Kier alpha value is -1.53. The summed E-state index contributed by atoms with van der Waals surface area (Å²) < 4.78 is 5.89. The number of hydrogen-bond donors (Lipinski definition) is 0. The van der Waals surface area contributed by atoms with Crippen molar-refractivity contribution in [2.75, 3.05) is 14.1 Å². The summed E-state index contributed by atoms with van der Waals surface area (Å²) in [5.74, 6) is 0.818. The van der Waals surface area contributed by atoms with Crippen molar-refractivity contribution in [1.82, 2.24) is 4.90 Å². The summed E-state index contributed by atoms with van der Waals surface area (Å²) in [6.45, 7) is 2.18. The van der Waals surface area contributed by atoms with Gasteiger partial charge in [-0.3, -0.25) is 4.90 Å². The molecule has 0 aromatic heterocycles. The largest absolute Gasteiger partial charge is 0.475 e. The van der Waals surface area contributed by atoms with E-state index in [1.807, 2.05) is 26.2 Å². The molecule has 1 aromatic carbocycles. The van der Waals surface area contributed by atoms with E-state index < -0.39 is 0 Å². The lowest BCUT2D eigenvalue weighted by atomic mass is 10.2. The molecule has 0 saturated carbocycles. The Balaban J connectivity index is 2.62. The van der Waals surface area contributed by atoms with Crippen molar-refractivity contribution >= 4 is 0 Å². The van der Waals surface area contributed by atoms with E-state index in [1.54, 1.807) is 12.1 Å². The van der Waals surface area contributed by atoms with E-state index in [4.69, 9.17) is 10.00 Å². The minimum atomic E-state index is 0.0999. The molecule has 0 aliphatic rings. The number of ether oxygens (including phenoxy) is 1. The van der Waals surface area contributed by atoms with Gasteiger partial charge in [-0.05, 0) is 51.2 Å². The van der Waals surface area contributed by atoms with Crippen molar-refractivity contribution in [3.8, 4) is 11.8 Å². The van der Waals surface area contributed by atoms with Gasteiger partial charge in [0, 0.05) is 0 Å². The Labute approximate surface area is 104 Å². The summed E-state index contributed by atoms with van der Waals surface area (Å²) in [4.78, 5) is 2.08. The molecule has 0 aliphatic heterocycles. The standard InChI is InChI=1S/C14H20N2O/c1-4-5-6-14(16(2)3)17-13-9-7-12(11-15)8-10-13/h7-10,14H,4-6H2,1-3H3. The van der Waals surface area contributed by atoms with Gasteiger partial charge in [0.1, 0.15) is 5.75 Å². The molecule has 1 aromatic rings. The summed E-state index contributed by atoms with van der Waals surface area (Å²) >= 11 is 0. The number of rotatable bonds is 6. The van der Waals surface area contributed by atoms with Crippen LogP contribution in [0.25, 0.3) is 0 Å². The van der Waals surface area contributed by atoms with E-state index in [0.29, 0.717) is 5.56 Å². The number of hydrogen-bond acceptors (Lipinski definition) is 3. The summed E-state index contributed by atoms with van der Waals surface area (Å²) in [5.41, 5.74) is 0.660. The van der Waals surface area contributed by atoms with Crippen molar-refractivity contribution in [3.05, 3.63) is 29.8 Å². The van der Waals surface area contributed by atoms with E-state index in [2.05, 4.69) is 17.9 Å². The Morgan fingerprint density at radius 3 is 2.41 bits per heavy atom. The zero-order valence-electron chi connectivity index (χ0n) is 10.8. The quantitative estimate of drug-likeness (QED) is 0.707. The summed E-state index contributed by atoms with van der Waals surface area (Å²) in [7, 11) is 4.04. The fourth-order valence-electron chi connectivity index (χ4n) is 1.57. The van der Waals surface area contributed by atoms with Crippen molar-refractivity contribution in [2.24, 2.45) is 0 Å². The zero-order valence-corrected chi connectivity index (χ0v) is 10.8. The molecule has 0 heterocycles. The number of nitriles is 1. The summed E-state index contributed by atoms with van der Waals surface area (Å²) in [5, 5.41) is 8.72. The van der Waals surface area contributed by atoms with Gasteiger partial charge in [-0.2, -0.15) is 5.26 Å². The smallest absolute Gasteiger partial charge is 0.152 e. The van der Waals surface area contributed by atoms with Crippen LogP contribution in [0.3, 0.4) is 0 Å². The lowest BCUT2D eigenvalue weighted by Crippen LogP contribution is -2.33. The second-order valence-corrected chi connectivity index (χ2v) is 4.31. The Morgan fingerprint density at radius 2 is 1.94 bits per heavy atom. The molecule has 1 unspecified atom stereocenters. The van der Waals surface area contributed by atoms with Gasteiger partial charge >= 0.3 is 0 Å². The monoisotopic (exact) mass is 232 g/mol. The highest BCUT2D eigenvalue weighted by Gasteiger charge is 2.12. The highest BCUT2D eigenvalue weighted by Crippen LogP contribution is 2.16. The van der Waals surface area contributed by atoms with Crippen LogP contribution in [0.2, 0.25) is 0 Å². The van der Waals surface area contributed by atoms with Crippen LogP contribution in [0.4, 0.5) is 0 Å². The first-order valence-electron chi connectivity index (χ1n) is 6.00. The molecule has 1 atom stereocenters. The van der Waals surface area contributed by atoms with Crippen LogP contribution in [0.5, 0.6) is 5.75 Å². The van der Waals surface area contributed by atoms with Crippen molar-refractivity contribution < 1.29 is 4.74 Å². The van der Waals surface area contributed by atoms with Gasteiger partial charge in [-0.25, -0.2) is 0 Å². The van der Waals surface area contributed by atoms with Gasteiger partial charge in [0.05, 0.1) is 11.6 Å². The number of unbranched alkanes of at least 4 members (excludes halogenated alkanes) is 1. The normalized spacial score (nSPS) is 12.2. The third-order valence-corrected chi connectivity index (χ3v) is 2.64. The van der Waals surface area contributed by atoms with Crippen LogP contribution < -0.4 is 4.74 Å². The minimum absolute atomic E-state index is 0.0999. The molecule has 0 N–H and O–H groups in total.